The Morgan fingerprint density at radius 1 is 1.41 bits per heavy atom. The summed E-state index contributed by atoms with van der Waals surface area (Å²) in [5.74, 6) is -0.938. The van der Waals surface area contributed by atoms with E-state index in [2.05, 4.69) is 5.32 Å². The predicted octanol–water partition coefficient (Wildman–Crippen LogP) is 4.15. The van der Waals surface area contributed by atoms with Crippen LogP contribution in [-0.4, -0.2) is 11.1 Å². The molecular weight excluding hydrogens is 258 g/mol. The zero-order chi connectivity index (χ0) is 12.4. The van der Waals surface area contributed by atoms with Crippen LogP contribution < -0.4 is 5.32 Å². The number of thiophene rings is 1. The lowest BCUT2D eigenvalue weighted by molar-refractivity contribution is 0.0703. The van der Waals surface area contributed by atoms with Crippen molar-refractivity contribution >= 4 is 40.3 Å². The number of aryl methyl sites for hydroxylation is 1. The van der Waals surface area contributed by atoms with Gasteiger partial charge in [-0.2, -0.15) is 0 Å². The van der Waals surface area contributed by atoms with Crippen LogP contribution in [0.3, 0.4) is 0 Å². The number of carbonyl (C=O) groups is 1. The highest BCUT2D eigenvalue weighted by Gasteiger charge is 2.13. The van der Waals surface area contributed by atoms with E-state index in [0.29, 0.717) is 10.7 Å². The van der Waals surface area contributed by atoms with Gasteiger partial charge < -0.3 is 10.4 Å². The third kappa shape index (κ3) is 2.43. The van der Waals surface area contributed by atoms with Gasteiger partial charge in [0.2, 0.25) is 0 Å². The van der Waals surface area contributed by atoms with Crippen LogP contribution in [0.15, 0.2) is 29.6 Å². The Bertz CT molecular complexity index is 545. The molecule has 0 radical (unpaired) electrons. The van der Waals surface area contributed by atoms with Gasteiger partial charge in [-0.1, -0.05) is 23.7 Å². The van der Waals surface area contributed by atoms with Gasteiger partial charge in [0.1, 0.15) is 4.88 Å². The van der Waals surface area contributed by atoms with Crippen LogP contribution in [0.4, 0.5) is 11.4 Å². The number of carboxylic acid groups (broad SMARTS) is 1. The van der Waals surface area contributed by atoms with Gasteiger partial charge in [-0.15, -0.1) is 11.3 Å². The minimum Gasteiger partial charge on any atom is -0.477 e. The summed E-state index contributed by atoms with van der Waals surface area (Å²) >= 11 is 7.26. The first kappa shape index (κ1) is 12.0. The van der Waals surface area contributed by atoms with Gasteiger partial charge in [-0.3, -0.25) is 0 Å². The number of para-hydroxylation sites is 1. The smallest absolute Gasteiger partial charge is 0.348 e. The van der Waals surface area contributed by atoms with E-state index >= 15 is 0 Å². The number of halogens is 1. The van der Waals surface area contributed by atoms with Crippen LogP contribution in [0.5, 0.6) is 0 Å². The van der Waals surface area contributed by atoms with Crippen molar-refractivity contribution in [3.8, 4) is 0 Å². The van der Waals surface area contributed by atoms with Gasteiger partial charge in [0.15, 0.2) is 0 Å². The van der Waals surface area contributed by atoms with E-state index in [9.17, 15) is 4.79 Å². The van der Waals surface area contributed by atoms with Gasteiger partial charge in [-0.25, -0.2) is 4.79 Å². The molecule has 0 aliphatic carbocycles. The summed E-state index contributed by atoms with van der Waals surface area (Å²) in [7, 11) is 0. The highest BCUT2D eigenvalue weighted by molar-refractivity contribution is 7.12. The number of hydrogen-bond donors (Lipinski definition) is 2. The van der Waals surface area contributed by atoms with Crippen LogP contribution in [-0.2, 0) is 0 Å². The monoisotopic (exact) mass is 267 g/mol. The Balaban J connectivity index is 2.38. The largest absolute Gasteiger partial charge is 0.477 e. The summed E-state index contributed by atoms with van der Waals surface area (Å²) < 4.78 is 0. The summed E-state index contributed by atoms with van der Waals surface area (Å²) in [6, 6.07) is 7.27. The van der Waals surface area contributed by atoms with E-state index in [1.54, 1.807) is 17.5 Å². The Labute approximate surface area is 108 Å². The molecule has 0 aliphatic heterocycles. The molecule has 2 aromatic rings. The molecule has 0 aliphatic rings. The number of nitrogens with one attached hydrogen (secondary N) is 1. The first-order valence-electron chi connectivity index (χ1n) is 4.92. The maximum atomic E-state index is 11.0. The van der Waals surface area contributed by atoms with Gasteiger partial charge in [0.05, 0.1) is 16.4 Å². The molecule has 5 heteroatoms. The third-order valence-electron chi connectivity index (χ3n) is 2.34. The molecule has 0 atom stereocenters. The van der Waals surface area contributed by atoms with E-state index in [1.807, 2.05) is 19.1 Å². The summed E-state index contributed by atoms with van der Waals surface area (Å²) in [6.45, 7) is 1.92. The summed E-state index contributed by atoms with van der Waals surface area (Å²) in [5.41, 5.74) is 2.29. The van der Waals surface area contributed by atoms with E-state index in [1.165, 1.54) is 11.3 Å². The fourth-order valence-corrected chi connectivity index (χ4v) is 2.45. The molecule has 88 valence electrons. The van der Waals surface area contributed by atoms with Crippen LogP contribution in [0, 0.1) is 6.92 Å². The minimum atomic E-state index is -0.938. The van der Waals surface area contributed by atoms with Crippen molar-refractivity contribution in [2.24, 2.45) is 0 Å². The Morgan fingerprint density at radius 2 is 2.18 bits per heavy atom. The lowest BCUT2D eigenvalue weighted by atomic mass is 10.2. The molecule has 0 saturated carbocycles. The molecule has 0 unspecified atom stereocenters. The fraction of sp³-hybridized carbons (Fsp3) is 0.0833. The molecule has 17 heavy (non-hydrogen) atoms. The van der Waals surface area contributed by atoms with Crippen molar-refractivity contribution in [2.45, 2.75) is 6.92 Å². The SMILES string of the molecule is Cc1cccc(Cl)c1Nc1ccsc1C(=O)O. The van der Waals surface area contributed by atoms with E-state index < -0.39 is 5.97 Å². The topological polar surface area (TPSA) is 49.3 Å². The second kappa shape index (κ2) is 4.77. The number of aromatic carboxylic acids is 1. The molecular formula is C12H10ClNO2S. The average Bonchev–Trinajstić information content (AvgIpc) is 2.72. The number of anilines is 2. The number of rotatable bonds is 3. The van der Waals surface area contributed by atoms with Crippen molar-refractivity contribution in [3.05, 3.63) is 45.1 Å². The molecule has 0 amide bonds. The van der Waals surface area contributed by atoms with Crippen molar-refractivity contribution in [3.63, 3.8) is 0 Å². The highest BCUT2D eigenvalue weighted by atomic mass is 35.5. The van der Waals surface area contributed by atoms with Crippen molar-refractivity contribution in [2.75, 3.05) is 5.32 Å². The highest BCUT2D eigenvalue weighted by Crippen LogP contribution is 2.32. The molecule has 0 bridgehead atoms. The van der Waals surface area contributed by atoms with Crippen molar-refractivity contribution in [1.29, 1.82) is 0 Å². The second-order valence-corrected chi connectivity index (χ2v) is 4.85. The van der Waals surface area contributed by atoms with E-state index in [4.69, 9.17) is 16.7 Å². The standard InChI is InChI=1S/C12H10ClNO2S/c1-7-3-2-4-8(13)10(7)14-9-5-6-17-11(9)12(15)16/h2-6,14H,1H3,(H,15,16). The van der Waals surface area contributed by atoms with Gasteiger partial charge in [0, 0.05) is 0 Å². The molecule has 0 saturated heterocycles. The number of hydrogen-bond acceptors (Lipinski definition) is 3. The Hall–Kier alpha value is -1.52. The quantitative estimate of drug-likeness (QED) is 0.878. The maximum Gasteiger partial charge on any atom is 0.348 e. The van der Waals surface area contributed by atoms with Crippen molar-refractivity contribution in [1.82, 2.24) is 0 Å². The van der Waals surface area contributed by atoms with Crippen LogP contribution in [0.25, 0.3) is 0 Å². The molecule has 1 aromatic heterocycles. The Morgan fingerprint density at radius 3 is 2.82 bits per heavy atom. The summed E-state index contributed by atoms with van der Waals surface area (Å²) in [4.78, 5) is 11.3. The summed E-state index contributed by atoms with van der Waals surface area (Å²) in [6.07, 6.45) is 0. The van der Waals surface area contributed by atoms with Gasteiger partial charge in [0.25, 0.3) is 0 Å². The average molecular weight is 268 g/mol. The van der Waals surface area contributed by atoms with Crippen LogP contribution >= 0.6 is 22.9 Å². The first-order valence-corrected chi connectivity index (χ1v) is 6.18. The minimum absolute atomic E-state index is 0.282. The zero-order valence-corrected chi connectivity index (χ0v) is 10.6. The molecule has 0 spiro atoms. The molecule has 3 nitrogen and oxygen atoms in total. The molecule has 2 rings (SSSR count). The zero-order valence-electron chi connectivity index (χ0n) is 9.03. The van der Waals surface area contributed by atoms with Gasteiger partial charge >= 0.3 is 5.97 Å². The molecule has 2 N–H and O–H groups in total. The number of benzene rings is 1. The van der Waals surface area contributed by atoms with Crippen LogP contribution in [0.1, 0.15) is 15.2 Å². The second-order valence-electron chi connectivity index (χ2n) is 3.53. The molecule has 1 heterocycles. The van der Waals surface area contributed by atoms with Crippen molar-refractivity contribution < 1.29 is 9.90 Å². The predicted molar refractivity (Wildman–Crippen MR) is 70.8 cm³/mol. The molecule has 1 aromatic carbocycles. The molecule has 0 fully saturated rings. The third-order valence-corrected chi connectivity index (χ3v) is 3.56. The fourth-order valence-electron chi connectivity index (χ4n) is 1.50. The van der Waals surface area contributed by atoms with Gasteiger partial charge in [-0.05, 0) is 30.0 Å². The lowest BCUT2D eigenvalue weighted by Crippen LogP contribution is -2.00. The first-order chi connectivity index (χ1) is 8.09. The Kier molecular flexibility index (Phi) is 3.36. The lowest BCUT2D eigenvalue weighted by Gasteiger charge is -2.10. The maximum absolute atomic E-state index is 11.0. The van der Waals surface area contributed by atoms with Crippen LogP contribution in [0.2, 0.25) is 5.02 Å². The summed E-state index contributed by atoms with van der Waals surface area (Å²) in [5, 5.41) is 14.4. The number of carboxylic acids is 1. The van der Waals surface area contributed by atoms with E-state index in [0.717, 1.165) is 11.3 Å². The van der Waals surface area contributed by atoms with E-state index in [-0.39, 0.29) is 4.88 Å². The normalized spacial score (nSPS) is 10.2.